The topological polar surface area (TPSA) is 67.2 Å². The zero-order valence-electron chi connectivity index (χ0n) is 8.64. The van der Waals surface area contributed by atoms with Crippen LogP contribution in [0.2, 0.25) is 0 Å². The summed E-state index contributed by atoms with van der Waals surface area (Å²) < 4.78 is 50.3. The number of nitrogens with one attached hydrogen (secondary N) is 2. The largest absolute Gasteiger partial charge is 0.416 e. The summed E-state index contributed by atoms with van der Waals surface area (Å²) >= 11 is 4.36. The minimum Gasteiger partial charge on any atom is -0.375 e. The van der Waals surface area contributed by atoms with Gasteiger partial charge in [0.15, 0.2) is 5.11 Å². The van der Waals surface area contributed by atoms with Gasteiger partial charge in [-0.25, -0.2) is 4.39 Å². The van der Waals surface area contributed by atoms with E-state index in [0.717, 1.165) is 0 Å². The Morgan fingerprint density at radius 3 is 2.39 bits per heavy atom. The van der Waals surface area contributed by atoms with Gasteiger partial charge in [-0.1, -0.05) is 0 Å². The Balaban J connectivity index is 3.01. The van der Waals surface area contributed by atoms with Crippen molar-refractivity contribution in [2.24, 2.45) is 5.73 Å². The summed E-state index contributed by atoms with van der Waals surface area (Å²) in [6.07, 6.45) is -4.67. The van der Waals surface area contributed by atoms with Crippen molar-refractivity contribution in [1.82, 2.24) is 10.9 Å². The molecule has 0 bridgehead atoms. The second-order valence-electron chi connectivity index (χ2n) is 3.14. The van der Waals surface area contributed by atoms with Crippen molar-refractivity contribution in [2.75, 3.05) is 0 Å². The lowest BCUT2D eigenvalue weighted by Gasteiger charge is -2.10. The molecule has 0 saturated carbocycles. The van der Waals surface area contributed by atoms with E-state index in [4.69, 9.17) is 5.73 Å². The molecule has 18 heavy (non-hydrogen) atoms. The molecule has 0 saturated heterocycles. The standard InChI is InChI=1S/C9H7F4N3OS/c10-6-2-1-4(9(11,12)13)3-5(6)7(17)15-16-8(14)18/h1-3H,(H,15,17)(H3,14,16,18). The maximum Gasteiger partial charge on any atom is 0.416 e. The Kier molecular flexibility index (Phi) is 4.07. The first-order chi connectivity index (χ1) is 8.21. The van der Waals surface area contributed by atoms with Crippen LogP contribution in [0.25, 0.3) is 0 Å². The van der Waals surface area contributed by atoms with Crippen LogP contribution in [-0.4, -0.2) is 11.0 Å². The van der Waals surface area contributed by atoms with Gasteiger partial charge < -0.3 is 5.73 Å². The third-order valence-electron chi connectivity index (χ3n) is 1.84. The Morgan fingerprint density at radius 2 is 1.89 bits per heavy atom. The van der Waals surface area contributed by atoms with Crippen molar-refractivity contribution in [1.29, 1.82) is 0 Å². The number of alkyl halides is 3. The molecule has 0 aliphatic carbocycles. The normalized spacial score (nSPS) is 10.9. The van der Waals surface area contributed by atoms with Crippen LogP contribution in [0.5, 0.6) is 0 Å². The molecule has 98 valence electrons. The highest BCUT2D eigenvalue weighted by molar-refractivity contribution is 7.80. The number of carbonyl (C=O) groups is 1. The molecule has 0 atom stereocenters. The van der Waals surface area contributed by atoms with Crippen molar-refractivity contribution in [3.63, 3.8) is 0 Å². The number of amides is 1. The predicted octanol–water partition coefficient (Wildman–Crippen LogP) is 1.32. The van der Waals surface area contributed by atoms with E-state index in [0.29, 0.717) is 18.2 Å². The van der Waals surface area contributed by atoms with Crippen molar-refractivity contribution >= 4 is 23.2 Å². The molecule has 1 amide bonds. The number of rotatable bonds is 1. The van der Waals surface area contributed by atoms with E-state index in [1.165, 1.54) is 0 Å². The smallest absolute Gasteiger partial charge is 0.375 e. The number of thiocarbonyl (C=S) groups is 1. The molecule has 0 aromatic heterocycles. The lowest BCUT2D eigenvalue weighted by atomic mass is 10.1. The maximum absolute atomic E-state index is 13.2. The lowest BCUT2D eigenvalue weighted by molar-refractivity contribution is -0.137. The zero-order chi connectivity index (χ0) is 13.9. The molecule has 0 radical (unpaired) electrons. The van der Waals surface area contributed by atoms with Crippen LogP contribution in [0.4, 0.5) is 17.6 Å². The SMILES string of the molecule is NC(=S)NNC(=O)c1cc(C(F)(F)F)ccc1F. The molecule has 0 fully saturated rings. The molecule has 0 aliphatic heterocycles. The van der Waals surface area contributed by atoms with Crippen LogP contribution < -0.4 is 16.6 Å². The van der Waals surface area contributed by atoms with Gasteiger partial charge in [-0.3, -0.25) is 15.6 Å². The van der Waals surface area contributed by atoms with Gasteiger partial charge in [-0.15, -0.1) is 0 Å². The highest BCUT2D eigenvalue weighted by Gasteiger charge is 2.31. The first-order valence-corrected chi connectivity index (χ1v) is 4.85. The summed E-state index contributed by atoms with van der Waals surface area (Å²) in [5.41, 5.74) is 6.93. The average Bonchev–Trinajstić information content (AvgIpc) is 2.24. The van der Waals surface area contributed by atoms with Crippen LogP contribution in [0.3, 0.4) is 0 Å². The Morgan fingerprint density at radius 1 is 1.28 bits per heavy atom. The molecule has 9 heteroatoms. The monoisotopic (exact) mass is 281 g/mol. The fraction of sp³-hybridized carbons (Fsp3) is 0.111. The molecule has 4 nitrogen and oxygen atoms in total. The van der Waals surface area contributed by atoms with E-state index in [9.17, 15) is 22.4 Å². The predicted molar refractivity (Wildman–Crippen MR) is 58.8 cm³/mol. The molecule has 0 spiro atoms. The van der Waals surface area contributed by atoms with Gasteiger partial charge in [0.05, 0.1) is 11.1 Å². The van der Waals surface area contributed by atoms with Crippen molar-refractivity contribution < 1.29 is 22.4 Å². The highest BCUT2D eigenvalue weighted by atomic mass is 32.1. The van der Waals surface area contributed by atoms with Crippen LogP contribution in [0.15, 0.2) is 18.2 Å². The number of hydrazine groups is 1. The van der Waals surface area contributed by atoms with Gasteiger partial charge in [0.25, 0.3) is 5.91 Å². The first-order valence-electron chi connectivity index (χ1n) is 4.44. The number of benzene rings is 1. The van der Waals surface area contributed by atoms with Gasteiger partial charge in [-0.05, 0) is 30.4 Å². The minimum atomic E-state index is -4.67. The second kappa shape index (κ2) is 5.17. The van der Waals surface area contributed by atoms with Crippen molar-refractivity contribution in [3.8, 4) is 0 Å². The maximum atomic E-state index is 13.2. The van der Waals surface area contributed by atoms with Gasteiger partial charge in [0.1, 0.15) is 5.82 Å². The van der Waals surface area contributed by atoms with Gasteiger partial charge >= 0.3 is 6.18 Å². The number of halogens is 4. The summed E-state index contributed by atoms with van der Waals surface area (Å²) in [7, 11) is 0. The fourth-order valence-electron chi connectivity index (χ4n) is 1.06. The van der Waals surface area contributed by atoms with Crippen LogP contribution in [-0.2, 0) is 6.18 Å². The minimum absolute atomic E-state index is 0.310. The highest BCUT2D eigenvalue weighted by Crippen LogP contribution is 2.30. The van der Waals surface area contributed by atoms with Crippen LogP contribution in [0.1, 0.15) is 15.9 Å². The molecular weight excluding hydrogens is 274 g/mol. The zero-order valence-corrected chi connectivity index (χ0v) is 9.45. The number of carbonyl (C=O) groups excluding carboxylic acids is 1. The molecule has 1 aromatic carbocycles. The van der Waals surface area contributed by atoms with Gasteiger partial charge in [0.2, 0.25) is 0 Å². The van der Waals surface area contributed by atoms with E-state index >= 15 is 0 Å². The van der Waals surface area contributed by atoms with E-state index in [1.807, 2.05) is 10.9 Å². The van der Waals surface area contributed by atoms with Crippen LogP contribution in [0, 0.1) is 5.82 Å². The van der Waals surface area contributed by atoms with Gasteiger partial charge in [0, 0.05) is 0 Å². The third-order valence-corrected chi connectivity index (χ3v) is 1.94. The summed E-state index contributed by atoms with van der Waals surface area (Å²) in [6, 6.07) is 1.48. The fourth-order valence-corrected chi connectivity index (χ4v) is 1.11. The molecule has 0 heterocycles. The third kappa shape index (κ3) is 3.55. The summed E-state index contributed by atoms with van der Waals surface area (Å²) in [5.74, 6) is -2.21. The van der Waals surface area contributed by atoms with E-state index in [1.54, 1.807) is 0 Å². The van der Waals surface area contributed by atoms with Crippen molar-refractivity contribution in [2.45, 2.75) is 6.18 Å². The molecule has 1 rings (SSSR count). The summed E-state index contributed by atoms with van der Waals surface area (Å²) in [4.78, 5) is 11.4. The van der Waals surface area contributed by atoms with Crippen molar-refractivity contribution in [3.05, 3.63) is 35.1 Å². The van der Waals surface area contributed by atoms with E-state index in [-0.39, 0.29) is 5.11 Å². The molecular formula is C9H7F4N3OS. The Labute approximate surface area is 104 Å². The molecule has 4 N–H and O–H groups in total. The summed E-state index contributed by atoms with van der Waals surface area (Å²) in [6.45, 7) is 0. The molecule has 1 aromatic rings. The Bertz CT molecular complexity index is 489. The quantitative estimate of drug-likeness (QED) is 0.412. The van der Waals surface area contributed by atoms with E-state index in [2.05, 4.69) is 12.2 Å². The molecule has 0 unspecified atom stereocenters. The second-order valence-corrected chi connectivity index (χ2v) is 3.58. The number of hydrogen-bond donors (Lipinski definition) is 3. The number of hydrogen-bond acceptors (Lipinski definition) is 2. The number of nitrogens with two attached hydrogens (primary N) is 1. The Hall–Kier alpha value is -1.90. The first kappa shape index (κ1) is 14.2. The van der Waals surface area contributed by atoms with Crippen LogP contribution >= 0.6 is 12.2 Å². The lowest BCUT2D eigenvalue weighted by Crippen LogP contribution is -2.44. The average molecular weight is 281 g/mol. The molecule has 0 aliphatic rings. The van der Waals surface area contributed by atoms with Gasteiger partial charge in [-0.2, -0.15) is 13.2 Å². The van der Waals surface area contributed by atoms with E-state index < -0.39 is 29.0 Å². The summed E-state index contributed by atoms with van der Waals surface area (Å²) in [5, 5.41) is -0.310.